The molecule has 9 heteroatoms. The normalized spacial score (nSPS) is 13.1. The van der Waals surface area contributed by atoms with Crippen LogP contribution in [0.15, 0.2) is 47.6 Å². The van der Waals surface area contributed by atoms with E-state index in [2.05, 4.69) is 5.16 Å². The van der Waals surface area contributed by atoms with Gasteiger partial charge in [0.05, 0.1) is 16.8 Å². The highest BCUT2D eigenvalue weighted by Gasteiger charge is 2.35. The van der Waals surface area contributed by atoms with Gasteiger partial charge in [0.2, 0.25) is 0 Å². The smallest absolute Gasteiger partial charge is 0.391 e. The van der Waals surface area contributed by atoms with Crippen LogP contribution in [0.4, 0.5) is 26.3 Å². The maximum absolute atomic E-state index is 13.3. The predicted octanol–water partition coefficient (Wildman–Crippen LogP) is 6.95. The van der Waals surface area contributed by atoms with Crippen LogP contribution in [0.2, 0.25) is 5.02 Å². The first-order valence-corrected chi connectivity index (χ1v) is 8.50. The Bertz CT molecular complexity index is 841. The summed E-state index contributed by atoms with van der Waals surface area (Å²) in [5.74, 6) is -0.424. The molecule has 0 bridgehead atoms. The predicted molar refractivity (Wildman–Crippen MR) is 94.1 cm³/mol. The van der Waals surface area contributed by atoms with Gasteiger partial charge in [-0.15, -0.1) is 0 Å². The lowest BCUT2D eigenvalue weighted by atomic mass is 9.95. The Hall–Kier alpha value is -2.22. The molecule has 2 aromatic carbocycles. The van der Waals surface area contributed by atoms with Gasteiger partial charge in [0.15, 0.2) is 0 Å². The van der Waals surface area contributed by atoms with E-state index in [1.165, 1.54) is 12.1 Å². The highest BCUT2D eigenvalue weighted by molar-refractivity contribution is 6.31. The van der Waals surface area contributed by atoms with Gasteiger partial charge in [-0.25, -0.2) is 0 Å². The van der Waals surface area contributed by atoms with Crippen LogP contribution >= 0.6 is 11.6 Å². The lowest BCUT2D eigenvalue weighted by Gasteiger charge is -2.17. The van der Waals surface area contributed by atoms with Gasteiger partial charge in [0.1, 0.15) is 6.61 Å². The summed E-state index contributed by atoms with van der Waals surface area (Å²) in [6.07, 6.45) is -9.06. The summed E-state index contributed by atoms with van der Waals surface area (Å²) in [6.45, 7) is 3.08. The summed E-state index contributed by atoms with van der Waals surface area (Å²) >= 11 is 5.84. The highest BCUT2D eigenvalue weighted by atomic mass is 35.5. The van der Waals surface area contributed by atoms with Crippen LogP contribution in [-0.2, 0) is 23.8 Å². The molecule has 2 aromatic rings. The van der Waals surface area contributed by atoms with Crippen LogP contribution in [0, 0.1) is 5.92 Å². The number of benzene rings is 2. The minimum absolute atomic E-state index is 0.0294. The molecule has 0 aliphatic rings. The molecule has 152 valence electrons. The quantitative estimate of drug-likeness (QED) is 0.289. The molecule has 0 spiro atoms. The van der Waals surface area contributed by atoms with Gasteiger partial charge in [-0.2, -0.15) is 26.3 Å². The van der Waals surface area contributed by atoms with Gasteiger partial charge >= 0.3 is 12.4 Å². The van der Waals surface area contributed by atoms with E-state index >= 15 is 0 Å². The zero-order valence-corrected chi connectivity index (χ0v) is 15.6. The molecule has 0 saturated heterocycles. The molecule has 0 N–H and O–H groups in total. The Morgan fingerprint density at radius 3 is 2.07 bits per heavy atom. The average molecular weight is 424 g/mol. The first kappa shape index (κ1) is 22.1. The van der Waals surface area contributed by atoms with Gasteiger partial charge < -0.3 is 4.84 Å². The average Bonchev–Trinajstić information content (AvgIpc) is 2.57. The molecule has 2 rings (SSSR count). The summed E-state index contributed by atoms with van der Waals surface area (Å²) in [5, 5.41) is 3.92. The summed E-state index contributed by atoms with van der Waals surface area (Å²) in [7, 11) is 0. The van der Waals surface area contributed by atoms with Crippen molar-refractivity contribution in [1.82, 2.24) is 0 Å². The molecule has 0 aliphatic carbocycles. The third-order valence-corrected chi connectivity index (χ3v) is 4.02. The van der Waals surface area contributed by atoms with Gasteiger partial charge in [-0.1, -0.05) is 42.7 Å². The first-order chi connectivity index (χ1) is 12.9. The molecule has 0 amide bonds. The Morgan fingerprint density at radius 2 is 1.57 bits per heavy atom. The molecule has 0 atom stereocenters. The lowest BCUT2D eigenvalue weighted by Crippen LogP contribution is -2.18. The molecule has 0 fully saturated rings. The summed E-state index contributed by atoms with van der Waals surface area (Å²) in [5.41, 5.74) is -1.50. The molecule has 0 aliphatic heterocycles. The molecule has 0 unspecified atom stereocenters. The lowest BCUT2D eigenvalue weighted by molar-refractivity contribution is -0.138. The van der Waals surface area contributed by atoms with E-state index in [1.54, 1.807) is 13.8 Å². The second-order valence-corrected chi connectivity index (χ2v) is 6.72. The number of rotatable bonds is 5. The van der Waals surface area contributed by atoms with E-state index in [-0.39, 0.29) is 22.9 Å². The highest BCUT2D eigenvalue weighted by Crippen LogP contribution is 2.35. The van der Waals surface area contributed by atoms with Crippen molar-refractivity contribution in [2.45, 2.75) is 32.8 Å². The number of halogens is 7. The Balaban J connectivity index is 2.26. The standard InChI is InChI=1S/C19H16ClF6NO/c1-11(2)17(15-9-14(20)7-8-16(15)19(24,25)26)27-28-10-12-3-5-13(6-4-12)18(21,22)23/h3-9,11H,10H2,1-2H3. The van der Waals surface area contributed by atoms with E-state index in [1.807, 2.05) is 0 Å². The molecule has 28 heavy (non-hydrogen) atoms. The summed E-state index contributed by atoms with van der Waals surface area (Å²) in [6, 6.07) is 7.38. The van der Waals surface area contributed by atoms with Crippen LogP contribution in [0.5, 0.6) is 0 Å². The zero-order chi connectivity index (χ0) is 21.1. The second-order valence-electron chi connectivity index (χ2n) is 6.29. The maximum atomic E-state index is 13.3. The van der Waals surface area contributed by atoms with E-state index in [9.17, 15) is 26.3 Å². The summed E-state index contributed by atoms with van der Waals surface area (Å²) in [4.78, 5) is 5.13. The largest absolute Gasteiger partial charge is 0.417 e. The SMILES string of the molecule is CC(C)C(=NOCc1ccc(C(F)(F)F)cc1)c1cc(Cl)ccc1C(F)(F)F. The van der Waals surface area contributed by atoms with Crippen molar-refractivity contribution < 1.29 is 31.2 Å². The van der Waals surface area contributed by atoms with E-state index in [4.69, 9.17) is 16.4 Å². The van der Waals surface area contributed by atoms with Gasteiger partial charge in [0.25, 0.3) is 0 Å². The molecule has 0 radical (unpaired) electrons. The van der Waals surface area contributed by atoms with E-state index in [0.717, 1.165) is 30.3 Å². The number of alkyl halides is 6. The molecule has 0 saturated carbocycles. The van der Waals surface area contributed by atoms with Crippen LogP contribution in [0.25, 0.3) is 0 Å². The monoisotopic (exact) mass is 423 g/mol. The molecule has 0 heterocycles. The summed E-state index contributed by atoms with van der Waals surface area (Å²) < 4.78 is 77.6. The number of hydrogen-bond donors (Lipinski definition) is 0. The fourth-order valence-corrected chi connectivity index (χ4v) is 2.58. The van der Waals surface area contributed by atoms with E-state index in [0.29, 0.717) is 5.56 Å². The minimum atomic E-state index is -4.61. The Kier molecular flexibility index (Phi) is 6.64. The first-order valence-electron chi connectivity index (χ1n) is 8.12. The molecule has 2 nitrogen and oxygen atoms in total. The van der Waals surface area contributed by atoms with Crippen LogP contribution in [-0.4, -0.2) is 5.71 Å². The van der Waals surface area contributed by atoms with Crippen molar-refractivity contribution in [2.75, 3.05) is 0 Å². The maximum Gasteiger partial charge on any atom is 0.417 e. The minimum Gasteiger partial charge on any atom is -0.391 e. The molecular formula is C19H16ClF6NO. The Morgan fingerprint density at radius 1 is 0.964 bits per heavy atom. The van der Waals surface area contributed by atoms with Crippen molar-refractivity contribution in [3.8, 4) is 0 Å². The second kappa shape index (κ2) is 8.43. The van der Waals surface area contributed by atoms with Crippen molar-refractivity contribution in [3.05, 3.63) is 69.7 Å². The van der Waals surface area contributed by atoms with Crippen LogP contribution in [0.1, 0.15) is 36.1 Å². The van der Waals surface area contributed by atoms with Gasteiger partial charge in [-0.05, 0) is 41.8 Å². The van der Waals surface area contributed by atoms with Crippen molar-refractivity contribution in [1.29, 1.82) is 0 Å². The van der Waals surface area contributed by atoms with E-state index < -0.39 is 29.4 Å². The van der Waals surface area contributed by atoms with Crippen molar-refractivity contribution >= 4 is 17.3 Å². The number of nitrogens with zero attached hydrogens (tertiary/aromatic N) is 1. The molecular weight excluding hydrogens is 408 g/mol. The molecule has 0 aromatic heterocycles. The fourth-order valence-electron chi connectivity index (χ4n) is 2.41. The third-order valence-electron chi connectivity index (χ3n) is 3.79. The number of hydrogen-bond acceptors (Lipinski definition) is 2. The topological polar surface area (TPSA) is 21.6 Å². The third kappa shape index (κ3) is 5.64. The van der Waals surface area contributed by atoms with Crippen molar-refractivity contribution in [2.24, 2.45) is 11.1 Å². The van der Waals surface area contributed by atoms with Gasteiger partial charge in [0, 0.05) is 10.6 Å². The Labute approximate surface area is 162 Å². The number of oxime groups is 1. The van der Waals surface area contributed by atoms with Gasteiger partial charge in [-0.3, -0.25) is 0 Å². The van der Waals surface area contributed by atoms with Crippen LogP contribution in [0.3, 0.4) is 0 Å². The fraction of sp³-hybridized carbons (Fsp3) is 0.316. The van der Waals surface area contributed by atoms with Crippen LogP contribution < -0.4 is 0 Å². The van der Waals surface area contributed by atoms with Crippen molar-refractivity contribution in [3.63, 3.8) is 0 Å². The zero-order valence-electron chi connectivity index (χ0n) is 14.8.